The Hall–Kier alpha value is -2.82. The molecule has 1 aromatic heterocycles. The average molecular weight is 363 g/mol. The lowest BCUT2D eigenvalue weighted by Gasteiger charge is -2.37. The molecule has 1 N–H and O–H groups in total. The van der Waals surface area contributed by atoms with Crippen LogP contribution in [0.1, 0.15) is 32.3 Å². The van der Waals surface area contributed by atoms with Crippen molar-refractivity contribution in [2.24, 2.45) is 0 Å². The number of rotatable bonds is 6. The van der Waals surface area contributed by atoms with E-state index in [1.54, 1.807) is 0 Å². The summed E-state index contributed by atoms with van der Waals surface area (Å²) in [5.41, 5.74) is 5.23. The summed E-state index contributed by atoms with van der Waals surface area (Å²) in [6.07, 6.45) is 3.87. The van der Waals surface area contributed by atoms with Gasteiger partial charge in [0, 0.05) is 17.3 Å². The van der Waals surface area contributed by atoms with Gasteiger partial charge in [0.15, 0.2) is 0 Å². The first-order valence-corrected chi connectivity index (χ1v) is 9.67. The second-order valence-corrected chi connectivity index (χ2v) is 7.10. The summed E-state index contributed by atoms with van der Waals surface area (Å²) in [5, 5.41) is 0. The molecule has 1 atom stereocenters. The molecular formula is C22H25N3O2. The molecule has 0 amide bonds. The van der Waals surface area contributed by atoms with E-state index in [0.717, 1.165) is 59.4 Å². The number of aldehydes is 1. The molecule has 3 aromatic rings. The third-order valence-electron chi connectivity index (χ3n) is 5.26. The number of aromatic nitrogens is 2. The molecule has 1 aliphatic rings. The molecule has 2 heterocycles. The van der Waals surface area contributed by atoms with Crippen LogP contribution in [-0.4, -0.2) is 35.4 Å². The minimum absolute atomic E-state index is 0.346. The number of aromatic amines is 1. The zero-order chi connectivity index (χ0) is 18.8. The Labute approximate surface area is 159 Å². The van der Waals surface area contributed by atoms with Crippen molar-refractivity contribution in [3.05, 3.63) is 42.0 Å². The number of nitrogens with one attached hydrogen (secondary N) is 1. The summed E-state index contributed by atoms with van der Waals surface area (Å²) in [6, 6.07) is 12.6. The fourth-order valence-corrected chi connectivity index (χ4v) is 3.87. The Kier molecular flexibility index (Phi) is 4.84. The molecule has 0 radical (unpaired) electrons. The molecule has 0 fully saturated rings. The summed E-state index contributed by atoms with van der Waals surface area (Å²) in [7, 11) is 0. The molecule has 0 unspecified atom stereocenters. The molecule has 0 saturated heterocycles. The van der Waals surface area contributed by atoms with E-state index in [0.29, 0.717) is 19.2 Å². The highest BCUT2D eigenvalue weighted by atomic mass is 16.5. The molecule has 5 heteroatoms. The van der Waals surface area contributed by atoms with Gasteiger partial charge in [0.1, 0.15) is 17.9 Å². The third kappa shape index (κ3) is 3.18. The van der Waals surface area contributed by atoms with Crippen molar-refractivity contribution in [3.8, 4) is 17.1 Å². The van der Waals surface area contributed by atoms with Gasteiger partial charge in [0.2, 0.25) is 0 Å². The SMILES string of the molecule is CCCOc1c(-c2nc3ccccc3[nH]2)ccc2c1CC[C@H](C)N2CC=O. The van der Waals surface area contributed by atoms with Gasteiger partial charge in [0.25, 0.3) is 0 Å². The molecule has 0 saturated carbocycles. The maximum atomic E-state index is 11.2. The Balaban J connectivity index is 1.85. The van der Waals surface area contributed by atoms with Crippen molar-refractivity contribution in [1.82, 2.24) is 9.97 Å². The van der Waals surface area contributed by atoms with Crippen molar-refractivity contribution >= 4 is 23.0 Å². The molecule has 5 nitrogen and oxygen atoms in total. The van der Waals surface area contributed by atoms with Crippen LogP contribution in [0.25, 0.3) is 22.4 Å². The summed E-state index contributed by atoms with van der Waals surface area (Å²) >= 11 is 0. The quantitative estimate of drug-likeness (QED) is 0.661. The number of para-hydroxylation sites is 2. The van der Waals surface area contributed by atoms with E-state index in [2.05, 4.69) is 35.9 Å². The lowest BCUT2D eigenvalue weighted by atomic mass is 9.93. The van der Waals surface area contributed by atoms with E-state index in [1.165, 1.54) is 5.56 Å². The molecule has 0 spiro atoms. The van der Waals surface area contributed by atoms with E-state index >= 15 is 0 Å². The number of ether oxygens (including phenoxy) is 1. The number of H-pyrrole nitrogens is 1. The van der Waals surface area contributed by atoms with Crippen molar-refractivity contribution in [2.75, 3.05) is 18.1 Å². The van der Waals surface area contributed by atoms with Crippen LogP contribution < -0.4 is 9.64 Å². The maximum Gasteiger partial charge on any atom is 0.142 e. The lowest BCUT2D eigenvalue weighted by Crippen LogP contribution is -2.38. The van der Waals surface area contributed by atoms with Crippen LogP contribution in [-0.2, 0) is 11.2 Å². The topological polar surface area (TPSA) is 58.2 Å². The van der Waals surface area contributed by atoms with Gasteiger partial charge in [-0.1, -0.05) is 19.1 Å². The minimum Gasteiger partial charge on any atom is -0.492 e. The zero-order valence-corrected chi connectivity index (χ0v) is 15.9. The minimum atomic E-state index is 0.346. The van der Waals surface area contributed by atoms with Gasteiger partial charge in [0.05, 0.1) is 29.7 Å². The highest BCUT2D eigenvalue weighted by Crippen LogP contribution is 2.42. The van der Waals surface area contributed by atoms with Crippen LogP contribution in [0.3, 0.4) is 0 Å². The first kappa shape index (κ1) is 17.6. The fraction of sp³-hybridized carbons (Fsp3) is 0.364. The van der Waals surface area contributed by atoms with E-state index in [9.17, 15) is 4.79 Å². The summed E-state index contributed by atoms with van der Waals surface area (Å²) in [5.74, 6) is 1.72. The number of imidazole rings is 1. The molecule has 1 aliphatic heterocycles. The number of hydrogen-bond donors (Lipinski definition) is 1. The number of fused-ring (bicyclic) bond motifs is 2. The van der Waals surface area contributed by atoms with Crippen LogP contribution in [0.5, 0.6) is 5.75 Å². The van der Waals surface area contributed by atoms with Gasteiger partial charge in [-0.25, -0.2) is 4.98 Å². The summed E-state index contributed by atoms with van der Waals surface area (Å²) in [4.78, 5) is 21.5. The van der Waals surface area contributed by atoms with E-state index in [1.807, 2.05) is 24.3 Å². The highest BCUT2D eigenvalue weighted by molar-refractivity contribution is 5.83. The van der Waals surface area contributed by atoms with Gasteiger partial charge in [-0.3, -0.25) is 0 Å². The van der Waals surface area contributed by atoms with Crippen LogP contribution in [0.4, 0.5) is 5.69 Å². The van der Waals surface area contributed by atoms with Crippen molar-refractivity contribution in [3.63, 3.8) is 0 Å². The van der Waals surface area contributed by atoms with Crippen molar-refractivity contribution < 1.29 is 9.53 Å². The average Bonchev–Trinajstić information content (AvgIpc) is 3.12. The van der Waals surface area contributed by atoms with Gasteiger partial charge >= 0.3 is 0 Å². The molecule has 0 bridgehead atoms. The molecular weight excluding hydrogens is 338 g/mol. The number of carbonyl (C=O) groups excluding carboxylic acids is 1. The highest BCUT2D eigenvalue weighted by Gasteiger charge is 2.27. The Morgan fingerprint density at radius 2 is 2.15 bits per heavy atom. The molecule has 0 aliphatic carbocycles. The van der Waals surface area contributed by atoms with Crippen LogP contribution in [0.2, 0.25) is 0 Å². The molecule has 2 aromatic carbocycles. The van der Waals surface area contributed by atoms with Crippen LogP contribution in [0, 0.1) is 0 Å². The number of benzene rings is 2. The van der Waals surface area contributed by atoms with E-state index < -0.39 is 0 Å². The second kappa shape index (κ2) is 7.43. The lowest BCUT2D eigenvalue weighted by molar-refractivity contribution is -0.106. The second-order valence-electron chi connectivity index (χ2n) is 7.10. The largest absolute Gasteiger partial charge is 0.492 e. The number of anilines is 1. The Morgan fingerprint density at radius 3 is 2.93 bits per heavy atom. The van der Waals surface area contributed by atoms with E-state index in [4.69, 9.17) is 9.72 Å². The van der Waals surface area contributed by atoms with Crippen LogP contribution in [0.15, 0.2) is 36.4 Å². The first-order valence-electron chi connectivity index (χ1n) is 9.67. The summed E-state index contributed by atoms with van der Waals surface area (Å²) < 4.78 is 6.22. The van der Waals surface area contributed by atoms with Gasteiger partial charge in [-0.2, -0.15) is 0 Å². The van der Waals surface area contributed by atoms with Crippen molar-refractivity contribution in [2.45, 2.75) is 39.2 Å². The van der Waals surface area contributed by atoms with Crippen LogP contribution >= 0.6 is 0 Å². The molecule has 4 rings (SSSR count). The number of carbonyl (C=O) groups is 1. The summed E-state index contributed by atoms with van der Waals surface area (Å²) in [6.45, 7) is 5.35. The van der Waals surface area contributed by atoms with Gasteiger partial charge in [-0.15, -0.1) is 0 Å². The van der Waals surface area contributed by atoms with Gasteiger partial charge in [-0.05, 0) is 50.5 Å². The van der Waals surface area contributed by atoms with Crippen molar-refractivity contribution in [1.29, 1.82) is 0 Å². The third-order valence-corrected chi connectivity index (χ3v) is 5.26. The Bertz CT molecular complexity index is 930. The van der Waals surface area contributed by atoms with E-state index in [-0.39, 0.29) is 0 Å². The zero-order valence-electron chi connectivity index (χ0n) is 15.9. The number of nitrogens with zero attached hydrogens (tertiary/aromatic N) is 2. The normalized spacial score (nSPS) is 16.4. The van der Waals surface area contributed by atoms with Gasteiger partial charge < -0.3 is 19.4 Å². The predicted octanol–water partition coefficient (Wildman–Crippen LogP) is 4.36. The maximum absolute atomic E-state index is 11.2. The monoisotopic (exact) mass is 363 g/mol. The number of hydrogen-bond acceptors (Lipinski definition) is 4. The first-order chi connectivity index (χ1) is 13.2. The Morgan fingerprint density at radius 1 is 1.30 bits per heavy atom. The smallest absolute Gasteiger partial charge is 0.142 e. The standard InChI is InChI=1S/C22H25N3O2/c1-3-14-27-21-16-9-8-15(2)25(12-13-26)20(16)11-10-17(21)22-23-18-6-4-5-7-19(18)24-22/h4-7,10-11,13,15H,3,8-9,12,14H2,1-2H3,(H,23,24)/t15-/m0/s1. The molecule has 140 valence electrons. The predicted molar refractivity (Wildman–Crippen MR) is 109 cm³/mol. The molecule has 27 heavy (non-hydrogen) atoms. The fourth-order valence-electron chi connectivity index (χ4n) is 3.87.